The van der Waals surface area contributed by atoms with E-state index in [4.69, 9.17) is 5.73 Å². The molecule has 5 N–H and O–H groups in total. The Morgan fingerprint density at radius 3 is 2.45 bits per heavy atom. The van der Waals surface area contributed by atoms with Gasteiger partial charge in [-0.2, -0.15) is 0 Å². The summed E-state index contributed by atoms with van der Waals surface area (Å²) in [6.07, 6.45) is 0.553. The van der Waals surface area contributed by atoms with Gasteiger partial charge in [0.1, 0.15) is 11.2 Å². The smallest absolute Gasteiger partial charge is 0.248 e. The second-order valence-corrected chi connectivity index (χ2v) is 12.8. The van der Waals surface area contributed by atoms with Crippen molar-refractivity contribution < 1.29 is 18.8 Å². The van der Waals surface area contributed by atoms with Crippen molar-refractivity contribution in [2.24, 2.45) is 11.1 Å². The van der Waals surface area contributed by atoms with Gasteiger partial charge in [-0.25, -0.2) is 4.39 Å². The normalized spacial score (nSPS) is 23.6. The predicted octanol–water partition coefficient (Wildman–Crippen LogP) is 5.38. The van der Waals surface area contributed by atoms with Crippen LogP contribution in [0.3, 0.4) is 0 Å². The lowest BCUT2D eigenvalue weighted by Crippen LogP contribution is -2.49. The summed E-state index contributed by atoms with van der Waals surface area (Å²) in [4.78, 5) is 39.7. The number of anilines is 2. The zero-order valence-corrected chi connectivity index (χ0v) is 24.4. The van der Waals surface area contributed by atoms with Crippen LogP contribution in [0.2, 0.25) is 0 Å². The van der Waals surface area contributed by atoms with Crippen LogP contribution in [-0.4, -0.2) is 29.8 Å². The highest BCUT2D eigenvalue weighted by atomic mass is 79.9. The lowest BCUT2D eigenvalue weighted by atomic mass is 9.62. The number of carbonyl (C=O) groups is 3. The number of halogens is 2. The topological polar surface area (TPSA) is 113 Å². The highest BCUT2D eigenvalue weighted by molar-refractivity contribution is 9.10. The van der Waals surface area contributed by atoms with Gasteiger partial charge in [-0.15, -0.1) is 0 Å². The zero-order valence-electron chi connectivity index (χ0n) is 22.8. The summed E-state index contributed by atoms with van der Waals surface area (Å²) >= 11 is 3.49. The van der Waals surface area contributed by atoms with Crippen molar-refractivity contribution in [2.75, 3.05) is 10.6 Å². The second-order valence-electron chi connectivity index (χ2n) is 11.9. The molecule has 1 spiro atoms. The summed E-state index contributed by atoms with van der Waals surface area (Å²) in [5.41, 5.74) is 6.76. The van der Waals surface area contributed by atoms with Crippen LogP contribution in [0, 0.1) is 18.2 Å². The van der Waals surface area contributed by atoms with Crippen molar-refractivity contribution in [3.63, 3.8) is 0 Å². The van der Waals surface area contributed by atoms with Gasteiger partial charge in [-0.05, 0) is 71.8 Å². The highest BCUT2D eigenvalue weighted by Crippen LogP contribution is 2.57. The Morgan fingerprint density at radius 2 is 1.80 bits per heavy atom. The Balaban J connectivity index is 1.69. The molecule has 2 heterocycles. The minimum atomic E-state index is -1.25. The third-order valence-corrected chi connectivity index (χ3v) is 8.39. The van der Waals surface area contributed by atoms with Crippen molar-refractivity contribution in [1.29, 1.82) is 0 Å². The summed E-state index contributed by atoms with van der Waals surface area (Å²) in [7, 11) is 0. The van der Waals surface area contributed by atoms with Crippen LogP contribution >= 0.6 is 15.9 Å². The number of nitrogens with one attached hydrogen (secondary N) is 3. The van der Waals surface area contributed by atoms with E-state index < -0.39 is 41.0 Å². The highest BCUT2D eigenvalue weighted by Gasteiger charge is 2.66. The van der Waals surface area contributed by atoms with Crippen molar-refractivity contribution >= 4 is 45.0 Å². The number of hydrogen-bond acceptors (Lipinski definition) is 4. The van der Waals surface area contributed by atoms with Gasteiger partial charge >= 0.3 is 0 Å². The van der Waals surface area contributed by atoms with Gasteiger partial charge in [0.2, 0.25) is 17.7 Å². The molecular formula is C31H32BrFN4O3. The maximum absolute atomic E-state index is 16.0. The number of carbonyl (C=O) groups excluding carboxylic acids is 3. The monoisotopic (exact) mass is 606 g/mol. The lowest BCUT2D eigenvalue weighted by molar-refractivity contribution is -0.122. The molecular weight excluding hydrogens is 575 g/mol. The zero-order chi connectivity index (χ0) is 29.0. The molecule has 1 saturated heterocycles. The van der Waals surface area contributed by atoms with E-state index in [1.165, 1.54) is 12.1 Å². The SMILES string of the molecule is Cc1cccc(C2[C@H](C(=O)Nc3ccc(C(N)=O)cc3)NC(CC(C)(C)C)[C@@]23C(=O)Nc2cc(Br)ccc23)c1F. The van der Waals surface area contributed by atoms with E-state index in [1.807, 2.05) is 18.2 Å². The van der Waals surface area contributed by atoms with Gasteiger partial charge in [-0.3, -0.25) is 14.4 Å². The molecule has 0 saturated carbocycles. The van der Waals surface area contributed by atoms with Crippen molar-refractivity contribution in [1.82, 2.24) is 5.32 Å². The Kier molecular flexibility index (Phi) is 7.08. The van der Waals surface area contributed by atoms with Crippen LogP contribution in [0.4, 0.5) is 15.8 Å². The van der Waals surface area contributed by atoms with Crippen LogP contribution in [-0.2, 0) is 15.0 Å². The predicted molar refractivity (Wildman–Crippen MR) is 157 cm³/mol. The van der Waals surface area contributed by atoms with Gasteiger partial charge in [-0.1, -0.05) is 61.0 Å². The quantitative estimate of drug-likeness (QED) is 0.312. The number of amides is 3. The fourth-order valence-electron chi connectivity index (χ4n) is 6.24. The van der Waals surface area contributed by atoms with E-state index in [-0.39, 0.29) is 11.3 Å². The maximum atomic E-state index is 16.0. The van der Waals surface area contributed by atoms with E-state index in [0.29, 0.717) is 34.5 Å². The Hall–Kier alpha value is -3.56. The first kappa shape index (κ1) is 28.0. The lowest BCUT2D eigenvalue weighted by Gasteiger charge is -2.37. The first-order valence-corrected chi connectivity index (χ1v) is 14.0. The Bertz CT molecular complexity index is 1520. The molecule has 7 nitrogen and oxygen atoms in total. The van der Waals surface area contributed by atoms with Crippen molar-refractivity contribution in [3.05, 3.63) is 93.2 Å². The van der Waals surface area contributed by atoms with Gasteiger partial charge in [0.25, 0.3) is 0 Å². The summed E-state index contributed by atoms with van der Waals surface area (Å²) in [6, 6.07) is 15.5. The number of hydrogen-bond donors (Lipinski definition) is 4. The molecule has 208 valence electrons. The largest absolute Gasteiger partial charge is 0.366 e. The maximum Gasteiger partial charge on any atom is 0.248 e. The molecule has 3 aromatic rings. The van der Waals surface area contributed by atoms with Crippen LogP contribution in [0.5, 0.6) is 0 Å². The van der Waals surface area contributed by atoms with E-state index in [0.717, 1.165) is 10.0 Å². The summed E-state index contributed by atoms with van der Waals surface area (Å²) in [6.45, 7) is 7.91. The Morgan fingerprint density at radius 1 is 1.10 bits per heavy atom. The molecule has 4 atom stereocenters. The molecule has 2 aliphatic rings. The number of fused-ring (bicyclic) bond motifs is 2. The van der Waals surface area contributed by atoms with E-state index in [1.54, 1.807) is 37.3 Å². The third-order valence-electron chi connectivity index (χ3n) is 7.90. The van der Waals surface area contributed by atoms with Gasteiger partial charge in [0, 0.05) is 33.4 Å². The number of nitrogens with two attached hydrogens (primary N) is 1. The average Bonchev–Trinajstić information content (AvgIpc) is 3.35. The van der Waals surface area contributed by atoms with E-state index in [9.17, 15) is 14.4 Å². The number of primary amides is 1. The van der Waals surface area contributed by atoms with Crippen molar-refractivity contribution in [2.45, 2.75) is 57.5 Å². The minimum Gasteiger partial charge on any atom is -0.366 e. The van der Waals surface area contributed by atoms with Gasteiger partial charge in [0.05, 0.1) is 6.04 Å². The molecule has 2 unspecified atom stereocenters. The van der Waals surface area contributed by atoms with E-state index >= 15 is 4.39 Å². The molecule has 9 heteroatoms. The van der Waals surface area contributed by atoms with Gasteiger partial charge < -0.3 is 21.7 Å². The minimum absolute atomic E-state index is 0.214. The van der Waals surface area contributed by atoms with Gasteiger partial charge in [0.15, 0.2) is 0 Å². The summed E-state index contributed by atoms with van der Waals surface area (Å²) in [5.74, 6) is -2.55. The molecule has 5 rings (SSSR count). The fourth-order valence-corrected chi connectivity index (χ4v) is 6.60. The van der Waals surface area contributed by atoms with E-state index in [2.05, 4.69) is 52.7 Å². The molecule has 3 amide bonds. The number of aryl methyl sites for hydroxylation is 1. The Labute approximate surface area is 241 Å². The molecule has 0 bridgehead atoms. The first-order chi connectivity index (χ1) is 18.8. The molecule has 0 aliphatic carbocycles. The fraction of sp³-hybridized carbons (Fsp3) is 0.323. The standard InChI is InChI=1S/C31H32BrFN4O3/c1-16-6-5-7-20(25(16)33)24-26(28(39)35-19-11-8-17(9-12-19)27(34)38)37-23(15-30(2,3)4)31(24)21-13-10-18(32)14-22(21)36-29(31)40/h5-14,23-24,26,37H,15H2,1-4H3,(H2,34,38)(H,35,39)(H,36,40)/t23?,24?,26-,31-/m1/s1. The van der Waals surface area contributed by atoms with Crippen LogP contribution in [0.25, 0.3) is 0 Å². The van der Waals surface area contributed by atoms with Crippen LogP contribution in [0.15, 0.2) is 65.1 Å². The first-order valence-electron chi connectivity index (χ1n) is 13.2. The number of benzene rings is 3. The van der Waals surface area contributed by atoms with Crippen LogP contribution in [0.1, 0.15) is 60.2 Å². The molecule has 0 radical (unpaired) electrons. The summed E-state index contributed by atoms with van der Waals surface area (Å²) in [5, 5.41) is 9.43. The number of rotatable bonds is 5. The second kappa shape index (κ2) is 10.1. The van der Waals surface area contributed by atoms with Crippen molar-refractivity contribution in [3.8, 4) is 0 Å². The molecule has 3 aromatic carbocycles. The third kappa shape index (κ3) is 4.71. The molecule has 40 heavy (non-hydrogen) atoms. The molecule has 2 aliphatic heterocycles. The van der Waals surface area contributed by atoms with Crippen LogP contribution < -0.4 is 21.7 Å². The molecule has 0 aromatic heterocycles. The molecule has 1 fully saturated rings. The average molecular weight is 608 g/mol. The summed E-state index contributed by atoms with van der Waals surface area (Å²) < 4.78 is 16.8.